The van der Waals surface area contributed by atoms with E-state index >= 15 is 0 Å². The van der Waals surface area contributed by atoms with Gasteiger partial charge >= 0.3 is 0 Å². The summed E-state index contributed by atoms with van der Waals surface area (Å²) < 4.78 is 10.4. The molecule has 0 N–H and O–H groups in total. The summed E-state index contributed by atoms with van der Waals surface area (Å²) in [6.07, 6.45) is 10.4. The second kappa shape index (κ2) is 6.89. The van der Waals surface area contributed by atoms with Crippen LogP contribution in [0, 0.1) is 46.3 Å². The minimum Gasteiger partial charge on any atom is -0.359 e. The summed E-state index contributed by atoms with van der Waals surface area (Å²) >= 11 is 0. The van der Waals surface area contributed by atoms with Gasteiger partial charge in [0.25, 0.3) is 0 Å². The van der Waals surface area contributed by atoms with Gasteiger partial charge in [-0.25, -0.2) is 0 Å². The fourth-order valence-electron chi connectivity index (χ4n) is 5.79. The van der Waals surface area contributed by atoms with E-state index in [2.05, 4.69) is 13.0 Å². The Kier molecular flexibility index (Phi) is 5.10. The van der Waals surface area contributed by atoms with Crippen molar-refractivity contribution in [2.24, 2.45) is 35.0 Å². The van der Waals surface area contributed by atoms with Crippen LogP contribution in [0.1, 0.15) is 58.3 Å². The predicted molar refractivity (Wildman–Crippen MR) is 85.9 cm³/mol. The third-order valence-corrected chi connectivity index (χ3v) is 7.10. The lowest BCUT2D eigenvalue weighted by molar-refractivity contribution is -0.0419. The van der Waals surface area contributed by atoms with Crippen molar-refractivity contribution in [3.05, 3.63) is 0 Å². The molecule has 3 saturated carbocycles. The van der Waals surface area contributed by atoms with Crippen molar-refractivity contribution in [1.29, 1.82) is 5.26 Å². The highest BCUT2D eigenvalue weighted by molar-refractivity contribution is 5.08. The molecular formula is C19H31NO2. The molecule has 0 aromatic rings. The molecule has 3 fully saturated rings. The lowest BCUT2D eigenvalue weighted by Gasteiger charge is -2.49. The van der Waals surface area contributed by atoms with Crippen LogP contribution in [-0.4, -0.2) is 20.5 Å². The van der Waals surface area contributed by atoms with Crippen LogP contribution in [0.3, 0.4) is 0 Å². The largest absolute Gasteiger partial charge is 0.359 e. The topological polar surface area (TPSA) is 42.2 Å². The van der Waals surface area contributed by atoms with E-state index in [0.717, 1.165) is 36.7 Å². The zero-order valence-corrected chi connectivity index (χ0v) is 14.2. The second-order valence-corrected chi connectivity index (χ2v) is 8.20. The molecule has 124 valence electrons. The summed E-state index contributed by atoms with van der Waals surface area (Å²) in [4.78, 5) is 0. The SMILES string of the molecule is COCOCC[C@H]1CC[C@@H]2C[C@@]3(C)[C@@H](CC[C@@H]3C#N)C[C@@H]2C1. The lowest BCUT2D eigenvalue weighted by Crippen LogP contribution is -2.42. The van der Waals surface area contributed by atoms with Gasteiger partial charge in [-0.2, -0.15) is 5.26 Å². The van der Waals surface area contributed by atoms with E-state index in [1.165, 1.54) is 44.9 Å². The zero-order chi connectivity index (χ0) is 15.6. The Morgan fingerprint density at radius 3 is 2.77 bits per heavy atom. The fraction of sp³-hybridized carbons (Fsp3) is 0.947. The quantitative estimate of drug-likeness (QED) is 0.559. The van der Waals surface area contributed by atoms with Crippen LogP contribution >= 0.6 is 0 Å². The molecule has 0 amide bonds. The van der Waals surface area contributed by atoms with Gasteiger partial charge in [0, 0.05) is 13.7 Å². The number of nitrogens with zero attached hydrogens (tertiary/aromatic N) is 1. The van der Waals surface area contributed by atoms with Gasteiger partial charge in [-0.3, -0.25) is 0 Å². The van der Waals surface area contributed by atoms with Crippen molar-refractivity contribution < 1.29 is 9.47 Å². The maximum Gasteiger partial charge on any atom is 0.146 e. The molecule has 22 heavy (non-hydrogen) atoms. The smallest absolute Gasteiger partial charge is 0.146 e. The number of methoxy groups -OCH3 is 1. The van der Waals surface area contributed by atoms with E-state index in [1.807, 2.05) is 0 Å². The first-order valence-electron chi connectivity index (χ1n) is 9.13. The maximum atomic E-state index is 9.47. The minimum absolute atomic E-state index is 0.318. The molecule has 0 aromatic heterocycles. The highest BCUT2D eigenvalue weighted by Gasteiger charge is 2.53. The molecule has 3 heteroatoms. The standard InChI is InChI=1S/C19H31NO2/c1-19-11-15-4-3-14(7-8-22-13-21-2)9-16(15)10-17(19)5-6-18(19)12-20/h14-18H,3-11,13H2,1-2H3/t14-,15-,16+,17+,18-,19+/m1/s1. The van der Waals surface area contributed by atoms with Gasteiger partial charge < -0.3 is 9.47 Å². The molecule has 0 aliphatic heterocycles. The van der Waals surface area contributed by atoms with Crippen LogP contribution in [0.5, 0.6) is 0 Å². The summed E-state index contributed by atoms with van der Waals surface area (Å²) in [5, 5.41) is 9.47. The monoisotopic (exact) mass is 305 g/mol. The first kappa shape index (κ1) is 16.3. The van der Waals surface area contributed by atoms with Gasteiger partial charge in [0.1, 0.15) is 6.79 Å². The molecule has 0 bridgehead atoms. The number of nitriles is 1. The van der Waals surface area contributed by atoms with E-state index < -0.39 is 0 Å². The van der Waals surface area contributed by atoms with Crippen LogP contribution in [-0.2, 0) is 9.47 Å². The van der Waals surface area contributed by atoms with Gasteiger partial charge in [-0.1, -0.05) is 13.3 Å². The average molecular weight is 305 g/mol. The van der Waals surface area contributed by atoms with Crippen LogP contribution in [0.4, 0.5) is 0 Å². The summed E-state index contributed by atoms with van der Waals surface area (Å²) in [5.74, 6) is 3.76. The Balaban J connectivity index is 1.54. The first-order chi connectivity index (χ1) is 10.7. The number of ether oxygens (including phenoxy) is 2. The Labute approximate surface area is 135 Å². The highest BCUT2D eigenvalue weighted by atomic mass is 16.7. The van der Waals surface area contributed by atoms with Crippen molar-refractivity contribution in [3.8, 4) is 6.07 Å². The van der Waals surface area contributed by atoms with E-state index in [9.17, 15) is 5.26 Å². The number of rotatable bonds is 5. The zero-order valence-electron chi connectivity index (χ0n) is 14.2. The molecule has 3 rings (SSSR count). The third-order valence-electron chi connectivity index (χ3n) is 7.10. The summed E-state index contributed by atoms with van der Waals surface area (Å²) in [5.41, 5.74) is 0.324. The minimum atomic E-state index is 0.318. The van der Waals surface area contributed by atoms with E-state index in [0.29, 0.717) is 18.1 Å². The van der Waals surface area contributed by atoms with Crippen LogP contribution in [0.15, 0.2) is 0 Å². The van der Waals surface area contributed by atoms with Crippen molar-refractivity contribution in [3.63, 3.8) is 0 Å². The van der Waals surface area contributed by atoms with Gasteiger partial charge in [0.2, 0.25) is 0 Å². The molecule has 6 atom stereocenters. The van der Waals surface area contributed by atoms with E-state index in [1.54, 1.807) is 7.11 Å². The Bertz CT molecular complexity index is 418. The molecule has 3 nitrogen and oxygen atoms in total. The Morgan fingerprint density at radius 1 is 1.14 bits per heavy atom. The first-order valence-corrected chi connectivity index (χ1v) is 9.13. The van der Waals surface area contributed by atoms with Crippen LogP contribution in [0.2, 0.25) is 0 Å². The summed E-state index contributed by atoms with van der Waals surface area (Å²) in [6, 6.07) is 2.62. The molecule has 0 saturated heterocycles. The molecule has 3 aliphatic carbocycles. The number of hydrogen-bond acceptors (Lipinski definition) is 3. The molecule has 3 aliphatic rings. The van der Waals surface area contributed by atoms with Crippen molar-refractivity contribution in [2.75, 3.05) is 20.5 Å². The van der Waals surface area contributed by atoms with Crippen molar-refractivity contribution in [1.82, 2.24) is 0 Å². The number of fused-ring (bicyclic) bond motifs is 2. The number of hydrogen-bond donors (Lipinski definition) is 0. The third kappa shape index (κ3) is 3.05. The summed E-state index contributed by atoms with van der Waals surface area (Å²) in [6.45, 7) is 3.68. The fourth-order valence-corrected chi connectivity index (χ4v) is 5.79. The normalized spacial score (nSPS) is 44.1. The van der Waals surface area contributed by atoms with Crippen molar-refractivity contribution in [2.45, 2.75) is 58.3 Å². The molecule has 0 spiro atoms. The van der Waals surface area contributed by atoms with Gasteiger partial charge in [-0.15, -0.1) is 0 Å². The average Bonchev–Trinajstić information content (AvgIpc) is 2.84. The van der Waals surface area contributed by atoms with Crippen LogP contribution in [0.25, 0.3) is 0 Å². The summed E-state index contributed by atoms with van der Waals surface area (Å²) in [7, 11) is 1.68. The van der Waals surface area contributed by atoms with Crippen molar-refractivity contribution >= 4 is 0 Å². The lowest BCUT2D eigenvalue weighted by atomic mass is 9.55. The molecule has 0 aromatic carbocycles. The van der Waals surface area contributed by atoms with E-state index in [4.69, 9.17) is 9.47 Å². The molecule has 0 heterocycles. The van der Waals surface area contributed by atoms with E-state index in [-0.39, 0.29) is 0 Å². The van der Waals surface area contributed by atoms with Crippen LogP contribution < -0.4 is 0 Å². The Morgan fingerprint density at radius 2 is 2.00 bits per heavy atom. The van der Waals surface area contributed by atoms with Gasteiger partial charge in [-0.05, 0) is 74.0 Å². The Hall–Kier alpha value is -0.590. The predicted octanol–water partition coefficient (Wildman–Crippen LogP) is 4.38. The maximum absolute atomic E-state index is 9.47. The molecule has 0 radical (unpaired) electrons. The van der Waals surface area contributed by atoms with Gasteiger partial charge in [0.15, 0.2) is 0 Å². The highest BCUT2D eigenvalue weighted by Crippen LogP contribution is 2.60. The van der Waals surface area contributed by atoms with Gasteiger partial charge in [0.05, 0.1) is 12.0 Å². The second-order valence-electron chi connectivity index (χ2n) is 8.20. The molecule has 0 unspecified atom stereocenters. The molecular weight excluding hydrogens is 274 g/mol.